The fourth-order valence-electron chi connectivity index (χ4n) is 2.72. The second-order valence-electron chi connectivity index (χ2n) is 6.07. The van der Waals surface area contributed by atoms with Crippen molar-refractivity contribution in [2.24, 2.45) is 0 Å². The Morgan fingerprint density at radius 1 is 1.20 bits per heavy atom. The topological polar surface area (TPSA) is 51.3 Å². The van der Waals surface area contributed by atoms with Gasteiger partial charge in [0.05, 0.1) is 24.3 Å². The van der Waals surface area contributed by atoms with E-state index in [9.17, 15) is 4.79 Å². The van der Waals surface area contributed by atoms with Gasteiger partial charge in [0.15, 0.2) is 0 Å². The van der Waals surface area contributed by atoms with Crippen LogP contribution in [0.5, 0.6) is 0 Å². The minimum absolute atomic E-state index is 0.170. The highest BCUT2D eigenvalue weighted by molar-refractivity contribution is 6.33. The Kier molecular flexibility index (Phi) is 4.95. The molecule has 0 saturated heterocycles. The van der Waals surface area contributed by atoms with Crippen LogP contribution in [0.2, 0.25) is 5.15 Å². The van der Waals surface area contributed by atoms with Crippen LogP contribution in [0.3, 0.4) is 0 Å². The summed E-state index contributed by atoms with van der Waals surface area (Å²) in [5, 5.41) is 4.79. The molecule has 0 bridgehead atoms. The normalized spacial score (nSPS) is 10.9. The van der Waals surface area contributed by atoms with Gasteiger partial charge >= 0.3 is 0 Å². The van der Waals surface area contributed by atoms with E-state index in [4.69, 9.17) is 16.0 Å². The predicted molar refractivity (Wildman–Crippen MR) is 96.8 cm³/mol. The Morgan fingerprint density at radius 3 is 2.56 bits per heavy atom. The van der Waals surface area contributed by atoms with Gasteiger partial charge in [-0.25, -0.2) is 4.68 Å². The molecular weight excluding hydrogens is 338 g/mol. The van der Waals surface area contributed by atoms with E-state index in [0.717, 1.165) is 17.1 Å². The van der Waals surface area contributed by atoms with Crippen LogP contribution in [-0.2, 0) is 13.1 Å². The molecule has 130 valence electrons. The van der Waals surface area contributed by atoms with Crippen molar-refractivity contribution < 1.29 is 9.21 Å². The van der Waals surface area contributed by atoms with E-state index in [1.165, 1.54) is 0 Å². The van der Waals surface area contributed by atoms with Gasteiger partial charge in [-0.15, -0.1) is 0 Å². The van der Waals surface area contributed by atoms with Crippen molar-refractivity contribution in [2.75, 3.05) is 7.05 Å². The molecule has 0 fully saturated rings. The molecule has 6 heteroatoms. The number of benzene rings is 1. The highest BCUT2D eigenvalue weighted by Crippen LogP contribution is 2.23. The lowest BCUT2D eigenvalue weighted by molar-refractivity contribution is 0.0774. The number of rotatable bonds is 5. The largest absolute Gasteiger partial charge is 0.464 e. The molecule has 3 rings (SSSR count). The maximum absolute atomic E-state index is 12.8. The Balaban J connectivity index is 1.80. The molecule has 0 aliphatic heterocycles. The van der Waals surface area contributed by atoms with Gasteiger partial charge in [0.25, 0.3) is 5.91 Å². The first-order valence-electron chi connectivity index (χ1n) is 8.03. The molecule has 0 N–H and O–H groups in total. The van der Waals surface area contributed by atoms with Crippen LogP contribution in [-0.4, -0.2) is 27.6 Å². The smallest absolute Gasteiger partial charge is 0.259 e. The van der Waals surface area contributed by atoms with Crippen molar-refractivity contribution in [1.29, 1.82) is 0 Å². The summed E-state index contributed by atoms with van der Waals surface area (Å²) in [5.74, 6) is 1.38. The van der Waals surface area contributed by atoms with E-state index in [1.807, 2.05) is 49.4 Å². The number of carbonyl (C=O) groups is 1. The average Bonchev–Trinajstić information content (AvgIpc) is 3.11. The van der Waals surface area contributed by atoms with Crippen molar-refractivity contribution in [3.63, 3.8) is 0 Å². The summed E-state index contributed by atoms with van der Waals surface area (Å²) in [4.78, 5) is 14.4. The first-order valence-corrected chi connectivity index (χ1v) is 8.41. The number of carbonyl (C=O) groups excluding carboxylic acids is 1. The quantitative estimate of drug-likeness (QED) is 0.691. The SMILES string of the molecule is Cc1ccc(CN(C)C(=O)c2c(C)nn(Cc3ccccc3)c2Cl)o1. The van der Waals surface area contributed by atoms with Gasteiger partial charge < -0.3 is 9.32 Å². The second-order valence-corrected chi connectivity index (χ2v) is 6.43. The maximum Gasteiger partial charge on any atom is 0.259 e. The number of aromatic nitrogens is 2. The summed E-state index contributed by atoms with van der Waals surface area (Å²) in [6.07, 6.45) is 0. The molecule has 0 radical (unpaired) electrons. The van der Waals surface area contributed by atoms with Crippen molar-refractivity contribution in [3.8, 4) is 0 Å². The molecule has 0 saturated carbocycles. The monoisotopic (exact) mass is 357 g/mol. The number of furan rings is 1. The molecule has 0 atom stereocenters. The van der Waals surface area contributed by atoms with Crippen LogP contribution in [0.1, 0.15) is 33.1 Å². The number of hydrogen-bond acceptors (Lipinski definition) is 3. The van der Waals surface area contributed by atoms with Crippen molar-refractivity contribution in [1.82, 2.24) is 14.7 Å². The number of nitrogens with zero attached hydrogens (tertiary/aromatic N) is 3. The van der Waals surface area contributed by atoms with Gasteiger partial charge in [0.1, 0.15) is 16.7 Å². The van der Waals surface area contributed by atoms with Gasteiger partial charge in [-0.1, -0.05) is 41.9 Å². The first kappa shape index (κ1) is 17.3. The summed E-state index contributed by atoms with van der Waals surface area (Å²) in [6, 6.07) is 13.6. The van der Waals surface area contributed by atoms with Crippen molar-refractivity contribution >= 4 is 17.5 Å². The van der Waals surface area contributed by atoms with E-state index in [1.54, 1.807) is 23.6 Å². The molecule has 5 nitrogen and oxygen atoms in total. The molecule has 25 heavy (non-hydrogen) atoms. The van der Waals surface area contributed by atoms with Crippen LogP contribution in [0.4, 0.5) is 0 Å². The van der Waals surface area contributed by atoms with E-state index in [2.05, 4.69) is 5.10 Å². The maximum atomic E-state index is 12.8. The lowest BCUT2D eigenvalue weighted by Gasteiger charge is -2.15. The fourth-order valence-corrected chi connectivity index (χ4v) is 3.04. The Morgan fingerprint density at radius 2 is 1.92 bits per heavy atom. The summed E-state index contributed by atoms with van der Waals surface area (Å²) in [7, 11) is 1.73. The third-order valence-corrected chi connectivity index (χ3v) is 4.37. The molecule has 2 heterocycles. The zero-order valence-corrected chi connectivity index (χ0v) is 15.2. The van der Waals surface area contributed by atoms with Gasteiger partial charge in [-0.3, -0.25) is 4.79 Å². The molecule has 0 spiro atoms. The summed E-state index contributed by atoms with van der Waals surface area (Å²) in [5.41, 5.74) is 2.13. The molecule has 2 aromatic heterocycles. The van der Waals surface area contributed by atoms with Gasteiger partial charge in [-0.05, 0) is 31.5 Å². The van der Waals surface area contributed by atoms with Crippen LogP contribution < -0.4 is 0 Å². The molecule has 0 unspecified atom stereocenters. The van der Waals surface area contributed by atoms with E-state index in [-0.39, 0.29) is 5.91 Å². The third kappa shape index (κ3) is 3.77. The molecule has 1 aromatic carbocycles. The summed E-state index contributed by atoms with van der Waals surface area (Å²) in [6.45, 7) is 4.58. The molecule has 0 aliphatic rings. The average molecular weight is 358 g/mol. The second kappa shape index (κ2) is 7.15. The molecule has 0 aliphatic carbocycles. The summed E-state index contributed by atoms with van der Waals surface area (Å²) >= 11 is 6.46. The number of hydrogen-bond donors (Lipinski definition) is 0. The van der Waals surface area contributed by atoms with Gasteiger partial charge in [0.2, 0.25) is 0 Å². The predicted octanol–water partition coefficient (Wildman–Crippen LogP) is 4.07. The zero-order chi connectivity index (χ0) is 18.0. The Bertz CT molecular complexity index is 883. The number of halogens is 1. The van der Waals surface area contributed by atoms with Crippen molar-refractivity contribution in [2.45, 2.75) is 26.9 Å². The molecular formula is C19H20ClN3O2. The standard InChI is InChI=1S/C19H20ClN3O2/c1-13-9-10-16(25-13)12-22(3)19(24)17-14(2)21-23(18(17)20)11-15-7-5-4-6-8-15/h4-10H,11-12H2,1-3H3. The van der Waals surface area contributed by atoms with Gasteiger partial charge in [0, 0.05) is 7.05 Å². The van der Waals surface area contributed by atoms with Crippen LogP contribution in [0, 0.1) is 13.8 Å². The molecule has 3 aromatic rings. The van der Waals surface area contributed by atoms with E-state index >= 15 is 0 Å². The van der Waals surface area contributed by atoms with Crippen LogP contribution >= 0.6 is 11.6 Å². The zero-order valence-electron chi connectivity index (χ0n) is 14.5. The third-order valence-electron chi connectivity index (χ3n) is 3.99. The van der Waals surface area contributed by atoms with Crippen LogP contribution in [0.15, 0.2) is 46.9 Å². The molecule has 1 amide bonds. The van der Waals surface area contributed by atoms with E-state index in [0.29, 0.717) is 29.5 Å². The first-order chi connectivity index (χ1) is 12.0. The minimum Gasteiger partial charge on any atom is -0.464 e. The highest BCUT2D eigenvalue weighted by Gasteiger charge is 2.23. The number of amides is 1. The Hall–Kier alpha value is -2.53. The minimum atomic E-state index is -0.170. The Labute approximate surface area is 151 Å². The lowest BCUT2D eigenvalue weighted by Crippen LogP contribution is -2.26. The van der Waals surface area contributed by atoms with E-state index < -0.39 is 0 Å². The van der Waals surface area contributed by atoms with Crippen molar-refractivity contribution in [3.05, 3.63) is 76.0 Å². The highest BCUT2D eigenvalue weighted by atomic mass is 35.5. The fraction of sp³-hybridized carbons (Fsp3) is 0.263. The lowest BCUT2D eigenvalue weighted by atomic mass is 10.2. The number of aryl methyl sites for hydroxylation is 2. The van der Waals surface area contributed by atoms with Gasteiger partial charge in [-0.2, -0.15) is 5.10 Å². The summed E-state index contributed by atoms with van der Waals surface area (Å²) < 4.78 is 7.19. The van der Waals surface area contributed by atoms with Crippen LogP contribution in [0.25, 0.3) is 0 Å².